The van der Waals surface area contributed by atoms with Crippen LogP contribution >= 0.6 is 0 Å². The second-order valence-electron chi connectivity index (χ2n) is 8.59. The van der Waals surface area contributed by atoms with Gasteiger partial charge in [0.2, 0.25) is 5.91 Å². The third-order valence-corrected chi connectivity index (χ3v) is 6.50. The molecule has 2 aromatic rings. The first kappa shape index (κ1) is 22.8. The first-order chi connectivity index (χ1) is 16.0. The smallest absolute Gasteiger partial charge is 0.407 e. The first-order valence-electron chi connectivity index (χ1n) is 11.2. The van der Waals surface area contributed by atoms with Crippen LogP contribution in [-0.4, -0.2) is 53.5 Å². The van der Waals surface area contributed by atoms with E-state index < -0.39 is 18.1 Å². The maximum Gasteiger partial charge on any atom is 0.407 e. The number of carboxylic acids is 1. The number of ether oxygens (including phenoxy) is 1. The quantitative estimate of drug-likeness (QED) is 0.488. The molecule has 0 bridgehead atoms. The van der Waals surface area contributed by atoms with Crippen molar-refractivity contribution in [2.45, 2.75) is 43.7 Å². The molecule has 8 heteroatoms. The van der Waals surface area contributed by atoms with Gasteiger partial charge in [-0.25, -0.2) is 9.59 Å². The zero-order chi connectivity index (χ0) is 23.4. The van der Waals surface area contributed by atoms with E-state index in [1.807, 2.05) is 24.3 Å². The third kappa shape index (κ3) is 5.01. The van der Waals surface area contributed by atoms with E-state index >= 15 is 0 Å². The number of hydrogen-bond acceptors (Lipinski definition) is 5. The number of carbonyl (C=O) groups is 3. The largest absolute Gasteiger partial charge is 0.480 e. The third-order valence-electron chi connectivity index (χ3n) is 6.50. The number of carbonyl (C=O) groups excluding carboxylic acids is 2. The zero-order valence-electron chi connectivity index (χ0n) is 18.2. The molecule has 2 aromatic carbocycles. The molecule has 0 spiro atoms. The fourth-order valence-corrected chi connectivity index (χ4v) is 4.83. The molecule has 2 aliphatic rings. The van der Waals surface area contributed by atoms with Gasteiger partial charge in [0.05, 0.1) is 0 Å². The van der Waals surface area contributed by atoms with Crippen molar-refractivity contribution in [3.63, 3.8) is 0 Å². The van der Waals surface area contributed by atoms with E-state index in [0.29, 0.717) is 19.3 Å². The lowest BCUT2D eigenvalue weighted by Gasteiger charge is -2.18. The van der Waals surface area contributed by atoms with E-state index in [1.165, 1.54) is 0 Å². The lowest BCUT2D eigenvalue weighted by atomic mass is 9.98. The molecule has 2 amide bonds. The number of aliphatic hydroxyl groups is 1. The molecule has 8 nitrogen and oxygen atoms in total. The Morgan fingerprint density at radius 1 is 1.00 bits per heavy atom. The predicted molar refractivity (Wildman–Crippen MR) is 121 cm³/mol. The summed E-state index contributed by atoms with van der Waals surface area (Å²) in [6, 6.07) is 14.9. The van der Waals surface area contributed by atoms with Gasteiger partial charge in [-0.3, -0.25) is 4.79 Å². The molecule has 1 fully saturated rings. The van der Waals surface area contributed by atoms with Crippen molar-refractivity contribution in [1.29, 1.82) is 0 Å². The average molecular weight is 453 g/mol. The second kappa shape index (κ2) is 10.0. The van der Waals surface area contributed by atoms with E-state index in [9.17, 15) is 14.4 Å². The highest BCUT2D eigenvalue weighted by molar-refractivity contribution is 5.85. The van der Waals surface area contributed by atoms with Gasteiger partial charge >= 0.3 is 12.1 Å². The van der Waals surface area contributed by atoms with Crippen molar-refractivity contribution in [2.75, 3.05) is 13.2 Å². The maximum atomic E-state index is 12.5. The lowest BCUT2D eigenvalue weighted by molar-refractivity contribution is -0.142. The van der Waals surface area contributed by atoms with Crippen LogP contribution in [0.1, 0.15) is 42.7 Å². The maximum absolute atomic E-state index is 12.5. The Balaban J connectivity index is 1.29. The summed E-state index contributed by atoms with van der Waals surface area (Å²) in [5.74, 6) is -1.95. The number of aliphatic carboxylic acids is 1. The van der Waals surface area contributed by atoms with Crippen LogP contribution in [0.4, 0.5) is 4.79 Å². The summed E-state index contributed by atoms with van der Waals surface area (Å²) in [6.45, 7) is -0.105. The molecule has 4 N–H and O–H groups in total. The van der Waals surface area contributed by atoms with Crippen molar-refractivity contribution in [1.82, 2.24) is 10.6 Å². The van der Waals surface area contributed by atoms with Crippen LogP contribution in [0.5, 0.6) is 0 Å². The molecule has 3 atom stereocenters. The van der Waals surface area contributed by atoms with Gasteiger partial charge in [0, 0.05) is 30.9 Å². The summed E-state index contributed by atoms with van der Waals surface area (Å²) in [7, 11) is 0. The Hall–Kier alpha value is -3.39. The fourth-order valence-electron chi connectivity index (χ4n) is 4.83. The lowest BCUT2D eigenvalue weighted by Crippen LogP contribution is -2.44. The second-order valence-corrected chi connectivity index (χ2v) is 8.59. The van der Waals surface area contributed by atoms with Gasteiger partial charge in [-0.15, -0.1) is 0 Å². The number of rotatable bonds is 8. The molecule has 174 valence electrons. The topological polar surface area (TPSA) is 125 Å². The summed E-state index contributed by atoms with van der Waals surface area (Å²) < 4.78 is 5.57. The number of aliphatic hydroxyl groups excluding tert-OH is 1. The molecule has 0 aliphatic heterocycles. The average Bonchev–Trinajstić information content (AvgIpc) is 3.40. The Morgan fingerprint density at radius 2 is 1.64 bits per heavy atom. The summed E-state index contributed by atoms with van der Waals surface area (Å²) in [6.07, 6.45) is 1.01. The number of alkyl carbamates (subject to hydrolysis) is 1. The van der Waals surface area contributed by atoms with Gasteiger partial charge in [-0.1, -0.05) is 48.5 Å². The summed E-state index contributed by atoms with van der Waals surface area (Å²) >= 11 is 0. The van der Waals surface area contributed by atoms with E-state index in [-0.39, 0.29) is 43.4 Å². The van der Waals surface area contributed by atoms with Crippen molar-refractivity contribution < 1.29 is 29.3 Å². The molecule has 2 aliphatic carbocycles. The Morgan fingerprint density at radius 3 is 2.24 bits per heavy atom. The Kier molecular flexibility index (Phi) is 6.93. The Bertz CT molecular complexity index is 994. The molecule has 0 radical (unpaired) electrons. The molecule has 0 unspecified atom stereocenters. The van der Waals surface area contributed by atoms with Gasteiger partial charge in [-0.2, -0.15) is 0 Å². The summed E-state index contributed by atoms with van der Waals surface area (Å²) in [5.41, 5.74) is 4.60. The minimum absolute atomic E-state index is 0.0234. The van der Waals surface area contributed by atoms with E-state index in [4.69, 9.17) is 14.9 Å². The van der Waals surface area contributed by atoms with Gasteiger partial charge in [0.15, 0.2) is 0 Å². The van der Waals surface area contributed by atoms with Crippen LogP contribution in [0.2, 0.25) is 0 Å². The van der Waals surface area contributed by atoms with Crippen molar-refractivity contribution >= 4 is 18.0 Å². The van der Waals surface area contributed by atoms with Crippen molar-refractivity contribution in [2.24, 2.45) is 5.92 Å². The molecule has 0 heterocycles. The van der Waals surface area contributed by atoms with E-state index in [1.54, 1.807) is 0 Å². The molecule has 4 rings (SSSR count). The van der Waals surface area contributed by atoms with E-state index in [0.717, 1.165) is 22.3 Å². The number of fused-ring (bicyclic) bond motifs is 3. The van der Waals surface area contributed by atoms with Crippen molar-refractivity contribution in [3.8, 4) is 11.1 Å². The van der Waals surface area contributed by atoms with Crippen LogP contribution in [0.3, 0.4) is 0 Å². The Labute approximate surface area is 192 Å². The highest BCUT2D eigenvalue weighted by Gasteiger charge is 2.34. The summed E-state index contributed by atoms with van der Waals surface area (Å²) in [4.78, 5) is 36.1. The normalized spacial score (nSPS) is 19.9. The number of hydrogen-bond donors (Lipinski definition) is 4. The molecule has 0 aromatic heterocycles. The molecule has 1 saturated carbocycles. The summed E-state index contributed by atoms with van der Waals surface area (Å²) in [5, 5.41) is 23.4. The highest BCUT2D eigenvalue weighted by atomic mass is 16.5. The highest BCUT2D eigenvalue weighted by Crippen LogP contribution is 2.44. The molecule has 0 saturated heterocycles. The van der Waals surface area contributed by atoms with Gasteiger partial charge in [0.1, 0.15) is 12.6 Å². The number of benzene rings is 2. The fraction of sp³-hybridized carbons (Fsp3) is 0.400. The minimum Gasteiger partial charge on any atom is -0.480 e. The predicted octanol–water partition coefficient (Wildman–Crippen LogP) is 2.65. The number of amides is 2. The van der Waals surface area contributed by atoms with Crippen LogP contribution < -0.4 is 10.6 Å². The van der Waals surface area contributed by atoms with Crippen LogP contribution in [-0.2, 0) is 14.3 Å². The number of carboxylic acid groups (broad SMARTS) is 1. The number of nitrogens with one attached hydrogen (secondary N) is 2. The van der Waals surface area contributed by atoms with E-state index in [2.05, 4.69) is 34.9 Å². The monoisotopic (exact) mass is 452 g/mol. The first-order valence-corrected chi connectivity index (χ1v) is 11.2. The van der Waals surface area contributed by atoms with Gasteiger partial charge in [0.25, 0.3) is 0 Å². The van der Waals surface area contributed by atoms with Crippen LogP contribution in [0, 0.1) is 5.92 Å². The molecular weight excluding hydrogens is 424 g/mol. The minimum atomic E-state index is -1.18. The SMILES string of the molecule is O=C(N[C@@H]1CC[C@H](C(=O)N[C@H](CCO)C(=O)O)C1)OCC1c2ccccc2-c2ccccc21. The van der Waals surface area contributed by atoms with Gasteiger partial charge < -0.3 is 25.6 Å². The standard InChI is InChI=1S/C25H28N2O6/c28-12-11-22(24(30)31)27-23(29)15-9-10-16(13-15)26-25(32)33-14-21-19-7-3-1-5-17(19)18-6-2-4-8-20(18)21/h1-8,15-16,21-22,28H,9-14H2,(H,26,32)(H,27,29)(H,30,31)/t15-,16+,22+/m0/s1. The van der Waals surface area contributed by atoms with Crippen molar-refractivity contribution in [3.05, 3.63) is 59.7 Å². The molecule has 33 heavy (non-hydrogen) atoms. The molecular formula is C25H28N2O6. The van der Waals surface area contributed by atoms with Crippen LogP contribution in [0.25, 0.3) is 11.1 Å². The zero-order valence-corrected chi connectivity index (χ0v) is 18.2. The van der Waals surface area contributed by atoms with Crippen LogP contribution in [0.15, 0.2) is 48.5 Å². The van der Waals surface area contributed by atoms with Gasteiger partial charge in [-0.05, 0) is 41.5 Å².